The lowest BCUT2D eigenvalue weighted by molar-refractivity contribution is -0.147. The Labute approximate surface area is 132 Å². The molecular weight excluding hydrogens is 311 g/mol. The number of halogens is 3. The molecule has 0 aliphatic heterocycles. The molecule has 1 aliphatic rings. The number of carbonyl (C=O) groups is 2. The van der Waals surface area contributed by atoms with Gasteiger partial charge in [0.25, 0.3) is 5.91 Å². The number of methoxy groups -OCH3 is 1. The van der Waals surface area contributed by atoms with E-state index in [2.05, 4.69) is 5.32 Å². The minimum Gasteiger partial charge on any atom is -0.469 e. The van der Waals surface area contributed by atoms with Gasteiger partial charge in [0.15, 0.2) is 0 Å². The summed E-state index contributed by atoms with van der Waals surface area (Å²) in [6.45, 7) is 0. The summed E-state index contributed by atoms with van der Waals surface area (Å²) in [5.74, 6) is -1.78. The zero-order valence-corrected chi connectivity index (χ0v) is 12.7. The Morgan fingerprint density at radius 1 is 1.17 bits per heavy atom. The number of hydrogen-bond acceptors (Lipinski definition) is 3. The topological polar surface area (TPSA) is 55.4 Å². The van der Waals surface area contributed by atoms with E-state index in [1.165, 1.54) is 19.2 Å². The lowest BCUT2D eigenvalue weighted by atomic mass is 9.84. The third-order valence-electron chi connectivity index (χ3n) is 4.06. The van der Waals surface area contributed by atoms with Crippen LogP contribution in [0.2, 0.25) is 0 Å². The van der Waals surface area contributed by atoms with E-state index in [-0.39, 0.29) is 0 Å². The summed E-state index contributed by atoms with van der Waals surface area (Å²) in [5.41, 5.74) is -1.42. The van der Waals surface area contributed by atoms with Crippen molar-refractivity contribution in [2.75, 3.05) is 7.11 Å². The van der Waals surface area contributed by atoms with Crippen LogP contribution in [0.3, 0.4) is 0 Å². The van der Waals surface area contributed by atoms with Gasteiger partial charge in [-0.15, -0.1) is 0 Å². The van der Waals surface area contributed by atoms with Crippen molar-refractivity contribution in [1.29, 1.82) is 0 Å². The molecule has 7 heteroatoms. The van der Waals surface area contributed by atoms with Crippen molar-refractivity contribution >= 4 is 11.9 Å². The fourth-order valence-electron chi connectivity index (χ4n) is 2.91. The first-order valence-electron chi connectivity index (χ1n) is 7.39. The molecule has 4 nitrogen and oxygen atoms in total. The Morgan fingerprint density at radius 3 is 2.48 bits per heavy atom. The zero-order chi connectivity index (χ0) is 17.0. The summed E-state index contributed by atoms with van der Waals surface area (Å²) in [6, 6.07) is 4.10. The van der Waals surface area contributed by atoms with Gasteiger partial charge in [-0.05, 0) is 25.0 Å². The molecule has 1 aromatic carbocycles. The standard InChI is InChI=1S/C16H18F3NO3/c1-23-15(22)11-7-3-5-9-13(11)20-14(21)10-6-2-4-8-12(10)16(17,18)19/h2,4,6,8,11,13H,3,5,7,9H2,1H3,(H,20,21)/t11-,13-/m1/s1. The molecule has 23 heavy (non-hydrogen) atoms. The van der Waals surface area contributed by atoms with E-state index in [1.54, 1.807) is 0 Å². The number of benzene rings is 1. The van der Waals surface area contributed by atoms with E-state index in [4.69, 9.17) is 4.74 Å². The van der Waals surface area contributed by atoms with Gasteiger partial charge in [0, 0.05) is 6.04 Å². The summed E-state index contributed by atoms with van der Waals surface area (Å²) >= 11 is 0. The Morgan fingerprint density at radius 2 is 1.83 bits per heavy atom. The second-order valence-corrected chi connectivity index (χ2v) is 5.54. The van der Waals surface area contributed by atoms with Crippen molar-refractivity contribution in [3.8, 4) is 0 Å². The summed E-state index contributed by atoms with van der Waals surface area (Å²) in [7, 11) is 1.26. The molecule has 1 N–H and O–H groups in total. The first-order valence-corrected chi connectivity index (χ1v) is 7.39. The number of rotatable bonds is 3. The van der Waals surface area contributed by atoms with Gasteiger partial charge in [0.05, 0.1) is 24.2 Å². The predicted molar refractivity (Wildman–Crippen MR) is 76.7 cm³/mol. The van der Waals surface area contributed by atoms with E-state index in [0.29, 0.717) is 12.8 Å². The maximum atomic E-state index is 13.0. The lowest BCUT2D eigenvalue weighted by Gasteiger charge is -2.30. The Hall–Kier alpha value is -2.05. The molecule has 1 fully saturated rings. The first-order chi connectivity index (χ1) is 10.8. The molecule has 0 aromatic heterocycles. The SMILES string of the molecule is COC(=O)[C@@H]1CCCC[C@H]1NC(=O)c1ccccc1C(F)(F)F. The number of amides is 1. The van der Waals surface area contributed by atoms with Gasteiger partial charge in [0.2, 0.25) is 0 Å². The second-order valence-electron chi connectivity index (χ2n) is 5.54. The highest BCUT2D eigenvalue weighted by atomic mass is 19.4. The largest absolute Gasteiger partial charge is 0.469 e. The van der Waals surface area contributed by atoms with Crippen molar-refractivity contribution in [2.24, 2.45) is 5.92 Å². The van der Waals surface area contributed by atoms with Crippen molar-refractivity contribution in [2.45, 2.75) is 37.9 Å². The Kier molecular flexibility index (Phi) is 5.28. The van der Waals surface area contributed by atoms with Crippen LogP contribution >= 0.6 is 0 Å². The number of esters is 1. The average molecular weight is 329 g/mol. The first kappa shape index (κ1) is 17.3. The maximum absolute atomic E-state index is 13.0. The number of alkyl halides is 3. The van der Waals surface area contributed by atoms with Crippen LogP contribution in [0.4, 0.5) is 13.2 Å². The minimum atomic E-state index is -4.61. The van der Waals surface area contributed by atoms with Crippen LogP contribution in [-0.2, 0) is 15.7 Å². The maximum Gasteiger partial charge on any atom is 0.417 e. The Bertz CT molecular complexity index is 586. The molecular formula is C16H18F3NO3. The molecule has 0 spiro atoms. The second kappa shape index (κ2) is 7.02. The molecule has 1 saturated carbocycles. The van der Waals surface area contributed by atoms with Gasteiger partial charge in [-0.25, -0.2) is 0 Å². The fourth-order valence-corrected chi connectivity index (χ4v) is 2.91. The summed E-state index contributed by atoms with van der Waals surface area (Å²) in [4.78, 5) is 24.0. The highest BCUT2D eigenvalue weighted by Gasteiger charge is 2.37. The van der Waals surface area contributed by atoms with Crippen LogP contribution in [0.1, 0.15) is 41.6 Å². The number of ether oxygens (including phenoxy) is 1. The predicted octanol–water partition coefficient (Wildman–Crippen LogP) is 3.17. The van der Waals surface area contributed by atoms with Crippen LogP contribution in [0.15, 0.2) is 24.3 Å². The quantitative estimate of drug-likeness (QED) is 0.867. The van der Waals surface area contributed by atoms with Crippen LogP contribution in [0.25, 0.3) is 0 Å². The highest BCUT2D eigenvalue weighted by molar-refractivity contribution is 5.96. The zero-order valence-electron chi connectivity index (χ0n) is 12.7. The smallest absolute Gasteiger partial charge is 0.417 e. The monoisotopic (exact) mass is 329 g/mol. The van der Waals surface area contributed by atoms with E-state index in [0.717, 1.165) is 25.0 Å². The van der Waals surface area contributed by atoms with Gasteiger partial charge < -0.3 is 10.1 Å². The van der Waals surface area contributed by atoms with Crippen LogP contribution in [0.5, 0.6) is 0 Å². The lowest BCUT2D eigenvalue weighted by Crippen LogP contribution is -2.45. The third-order valence-corrected chi connectivity index (χ3v) is 4.06. The molecule has 2 atom stereocenters. The third kappa shape index (κ3) is 4.03. The molecule has 0 unspecified atom stereocenters. The molecule has 0 radical (unpaired) electrons. The molecule has 1 aliphatic carbocycles. The molecule has 126 valence electrons. The average Bonchev–Trinajstić information content (AvgIpc) is 2.54. The minimum absolute atomic E-state index is 0.436. The van der Waals surface area contributed by atoms with Gasteiger partial charge in [-0.2, -0.15) is 13.2 Å². The van der Waals surface area contributed by atoms with Gasteiger partial charge in [0.1, 0.15) is 0 Å². The van der Waals surface area contributed by atoms with Crippen LogP contribution < -0.4 is 5.32 Å². The normalized spacial score (nSPS) is 21.6. The van der Waals surface area contributed by atoms with E-state index < -0.39 is 41.1 Å². The summed E-state index contributed by atoms with van der Waals surface area (Å²) in [5, 5.41) is 2.57. The molecule has 1 aromatic rings. The van der Waals surface area contributed by atoms with Gasteiger partial charge in [-0.1, -0.05) is 25.0 Å². The molecule has 0 bridgehead atoms. The molecule has 0 heterocycles. The van der Waals surface area contributed by atoms with Gasteiger partial charge >= 0.3 is 12.1 Å². The van der Waals surface area contributed by atoms with E-state index >= 15 is 0 Å². The summed E-state index contributed by atoms with van der Waals surface area (Å²) in [6.07, 6.45) is -1.88. The Balaban J connectivity index is 2.20. The van der Waals surface area contributed by atoms with Crippen molar-refractivity contribution in [3.63, 3.8) is 0 Å². The molecule has 1 amide bonds. The number of hydrogen-bond donors (Lipinski definition) is 1. The van der Waals surface area contributed by atoms with Crippen LogP contribution in [-0.4, -0.2) is 25.0 Å². The van der Waals surface area contributed by atoms with Crippen molar-refractivity contribution in [1.82, 2.24) is 5.32 Å². The molecule has 0 saturated heterocycles. The fraction of sp³-hybridized carbons (Fsp3) is 0.500. The highest BCUT2D eigenvalue weighted by Crippen LogP contribution is 2.32. The van der Waals surface area contributed by atoms with Gasteiger partial charge in [-0.3, -0.25) is 9.59 Å². The van der Waals surface area contributed by atoms with Crippen LogP contribution in [0, 0.1) is 5.92 Å². The van der Waals surface area contributed by atoms with Crippen molar-refractivity contribution < 1.29 is 27.5 Å². The number of nitrogens with one attached hydrogen (secondary N) is 1. The summed E-state index contributed by atoms with van der Waals surface area (Å²) < 4.78 is 43.7. The number of carbonyl (C=O) groups excluding carboxylic acids is 2. The van der Waals surface area contributed by atoms with Crippen molar-refractivity contribution in [3.05, 3.63) is 35.4 Å². The molecule has 2 rings (SSSR count). The van der Waals surface area contributed by atoms with E-state index in [1.807, 2.05) is 0 Å². The van der Waals surface area contributed by atoms with E-state index in [9.17, 15) is 22.8 Å².